The highest BCUT2D eigenvalue weighted by Crippen LogP contribution is 2.30. The van der Waals surface area contributed by atoms with Crippen LogP contribution in [0.25, 0.3) is 0 Å². The summed E-state index contributed by atoms with van der Waals surface area (Å²) in [4.78, 5) is 25.4. The zero-order valence-corrected chi connectivity index (χ0v) is 13.1. The van der Waals surface area contributed by atoms with Crippen LogP contribution >= 0.6 is 0 Å². The average Bonchev–Trinajstić information content (AvgIpc) is 2.83. The van der Waals surface area contributed by atoms with E-state index in [1.165, 1.54) is 12.1 Å². The third-order valence-corrected chi connectivity index (χ3v) is 3.98. The van der Waals surface area contributed by atoms with Crippen LogP contribution in [-0.4, -0.2) is 22.9 Å². The summed E-state index contributed by atoms with van der Waals surface area (Å²) in [7, 11) is 0. The molecule has 2 aromatic rings. The summed E-state index contributed by atoms with van der Waals surface area (Å²) in [6, 6.07) is 12.5. The lowest BCUT2D eigenvalue weighted by molar-refractivity contribution is -0.137. The average molecular weight is 348 g/mol. The van der Waals surface area contributed by atoms with Gasteiger partial charge in [-0.05, 0) is 23.3 Å². The minimum Gasteiger partial charge on any atom is -0.325 e. The molecule has 0 saturated carbocycles. The van der Waals surface area contributed by atoms with Gasteiger partial charge in [-0.25, -0.2) is 4.79 Å². The zero-order valence-electron chi connectivity index (χ0n) is 13.1. The van der Waals surface area contributed by atoms with Gasteiger partial charge < -0.3 is 5.32 Å². The lowest BCUT2D eigenvalue weighted by Crippen LogP contribution is -2.32. The second-order valence-corrected chi connectivity index (χ2v) is 5.81. The summed E-state index contributed by atoms with van der Waals surface area (Å²) < 4.78 is 38.3. The molecule has 130 valence electrons. The van der Waals surface area contributed by atoms with E-state index in [0.717, 1.165) is 22.6 Å². The molecule has 7 heteroatoms. The van der Waals surface area contributed by atoms with Gasteiger partial charge in [0.1, 0.15) is 6.04 Å². The molecule has 1 heterocycles. The van der Waals surface area contributed by atoms with Crippen molar-refractivity contribution in [2.75, 3.05) is 0 Å². The van der Waals surface area contributed by atoms with Crippen molar-refractivity contribution in [1.82, 2.24) is 10.2 Å². The molecule has 0 spiro atoms. The van der Waals surface area contributed by atoms with Crippen molar-refractivity contribution < 1.29 is 22.8 Å². The van der Waals surface area contributed by atoms with Gasteiger partial charge in [-0.15, -0.1) is 0 Å². The van der Waals surface area contributed by atoms with E-state index >= 15 is 0 Å². The number of hydrogen-bond donors (Lipinski definition) is 1. The second kappa shape index (κ2) is 6.58. The van der Waals surface area contributed by atoms with E-state index < -0.39 is 29.7 Å². The summed E-state index contributed by atoms with van der Waals surface area (Å²) >= 11 is 0. The largest absolute Gasteiger partial charge is 0.416 e. The number of carbonyl (C=O) groups is 2. The maximum atomic E-state index is 12.8. The summed E-state index contributed by atoms with van der Waals surface area (Å²) in [5.41, 5.74) is 0.332. The maximum absolute atomic E-state index is 12.8. The molecule has 4 nitrogen and oxygen atoms in total. The Morgan fingerprint density at radius 2 is 1.64 bits per heavy atom. The Hall–Kier alpha value is -2.83. The smallest absolute Gasteiger partial charge is 0.325 e. The number of amides is 3. The van der Waals surface area contributed by atoms with Crippen LogP contribution in [0.1, 0.15) is 16.7 Å². The molecule has 1 fully saturated rings. The van der Waals surface area contributed by atoms with Crippen molar-refractivity contribution in [2.45, 2.75) is 25.2 Å². The number of imide groups is 1. The third-order valence-electron chi connectivity index (χ3n) is 3.98. The van der Waals surface area contributed by atoms with E-state index in [4.69, 9.17) is 0 Å². The quantitative estimate of drug-likeness (QED) is 0.862. The molecular formula is C18H15F3N2O2. The number of benzene rings is 2. The van der Waals surface area contributed by atoms with Crippen molar-refractivity contribution in [2.24, 2.45) is 0 Å². The van der Waals surface area contributed by atoms with E-state index in [1.54, 1.807) is 0 Å². The lowest BCUT2D eigenvalue weighted by atomic mass is 10.1. The van der Waals surface area contributed by atoms with Crippen LogP contribution in [0.2, 0.25) is 0 Å². The van der Waals surface area contributed by atoms with Crippen molar-refractivity contribution in [3.05, 3.63) is 71.3 Å². The molecule has 3 amide bonds. The molecule has 1 atom stereocenters. The fourth-order valence-corrected chi connectivity index (χ4v) is 2.74. The Morgan fingerprint density at radius 3 is 2.32 bits per heavy atom. The Kier molecular flexibility index (Phi) is 4.48. The number of halogens is 3. The first-order valence-electron chi connectivity index (χ1n) is 7.66. The molecule has 1 N–H and O–H groups in total. The summed E-state index contributed by atoms with van der Waals surface area (Å²) in [5, 5.41) is 2.58. The topological polar surface area (TPSA) is 49.4 Å². The van der Waals surface area contributed by atoms with Gasteiger partial charge in [-0.1, -0.05) is 42.5 Å². The molecule has 1 aliphatic heterocycles. The monoisotopic (exact) mass is 348 g/mol. The SMILES string of the molecule is O=C1N[C@@H](Cc2ccccc2)C(=O)N1Cc1cccc(C(F)(F)F)c1. The van der Waals surface area contributed by atoms with E-state index in [0.29, 0.717) is 6.42 Å². The highest BCUT2D eigenvalue weighted by atomic mass is 19.4. The molecule has 1 saturated heterocycles. The third kappa shape index (κ3) is 3.81. The normalized spacial score (nSPS) is 17.7. The second-order valence-electron chi connectivity index (χ2n) is 5.81. The van der Waals surface area contributed by atoms with Gasteiger partial charge in [0, 0.05) is 6.42 Å². The molecule has 25 heavy (non-hydrogen) atoms. The first-order valence-corrected chi connectivity index (χ1v) is 7.66. The number of urea groups is 1. The standard InChI is InChI=1S/C18H15F3N2O2/c19-18(20,21)14-8-4-7-13(9-14)11-23-16(24)15(22-17(23)25)10-12-5-2-1-3-6-12/h1-9,15H,10-11H2,(H,22,25)/t15-/m0/s1. The van der Waals surface area contributed by atoms with E-state index in [2.05, 4.69) is 5.32 Å². The van der Waals surface area contributed by atoms with E-state index in [1.807, 2.05) is 30.3 Å². The molecule has 0 bridgehead atoms. The van der Waals surface area contributed by atoms with Gasteiger partial charge in [-0.3, -0.25) is 9.69 Å². The number of alkyl halides is 3. The molecule has 0 unspecified atom stereocenters. The highest BCUT2D eigenvalue weighted by Gasteiger charge is 2.38. The minimum atomic E-state index is -4.47. The number of rotatable bonds is 4. The predicted molar refractivity (Wildman–Crippen MR) is 84.5 cm³/mol. The van der Waals surface area contributed by atoms with Gasteiger partial charge >= 0.3 is 12.2 Å². The van der Waals surface area contributed by atoms with Crippen molar-refractivity contribution in [1.29, 1.82) is 0 Å². The molecule has 0 aromatic heterocycles. The van der Waals surface area contributed by atoms with Crippen LogP contribution in [-0.2, 0) is 23.9 Å². The number of hydrogen-bond acceptors (Lipinski definition) is 2. The molecule has 0 radical (unpaired) electrons. The van der Waals surface area contributed by atoms with Gasteiger partial charge in [-0.2, -0.15) is 13.2 Å². The van der Waals surface area contributed by atoms with Crippen molar-refractivity contribution in [3.63, 3.8) is 0 Å². The lowest BCUT2D eigenvalue weighted by Gasteiger charge is -2.14. The van der Waals surface area contributed by atoms with Crippen molar-refractivity contribution in [3.8, 4) is 0 Å². The Labute approximate surface area is 142 Å². The first-order chi connectivity index (χ1) is 11.8. The predicted octanol–water partition coefficient (Wildman–Crippen LogP) is 3.37. The minimum absolute atomic E-state index is 0.195. The van der Waals surface area contributed by atoms with Crippen LogP contribution in [0, 0.1) is 0 Å². The van der Waals surface area contributed by atoms with Gasteiger partial charge in [0.2, 0.25) is 0 Å². The van der Waals surface area contributed by atoms with Crippen LogP contribution in [0.4, 0.5) is 18.0 Å². The maximum Gasteiger partial charge on any atom is 0.416 e. The molecule has 0 aliphatic carbocycles. The Balaban J connectivity index is 1.73. The Morgan fingerprint density at radius 1 is 0.960 bits per heavy atom. The van der Waals surface area contributed by atoms with Gasteiger partial charge in [0.05, 0.1) is 12.1 Å². The number of nitrogens with one attached hydrogen (secondary N) is 1. The van der Waals surface area contributed by atoms with Crippen LogP contribution < -0.4 is 5.32 Å². The highest BCUT2D eigenvalue weighted by molar-refractivity contribution is 6.04. The van der Waals surface area contributed by atoms with E-state index in [9.17, 15) is 22.8 Å². The van der Waals surface area contributed by atoms with Crippen LogP contribution in [0.5, 0.6) is 0 Å². The summed E-state index contributed by atoms with van der Waals surface area (Å²) in [5.74, 6) is -0.439. The summed E-state index contributed by atoms with van der Waals surface area (Å²) in [6.07, 6.45) is -4.13. The fraction of sp³-hybridized carbons (Fsp3) is 0.222. The van der Waals surface area contributed by atoms with Gasteiger partial charge in [0.25, 0.3) is 5.91 Å². The molecule has 1 aliphatic rings. The zero-order chi connectivity index (χ0) is 18.0. The Bertz CT molecular complexity index is 790. The van der Waals surface area contributed by atoms with Crippen molar-refractivity contribution >= 4 is 11.9 Å². The van der Waals surface area contributed by atoms with Crippen LogP contribution in [0.15, 0.2) is 54.6 Å². The van der Waals surface area contributed by atoms with E-state index in [-0.39, 0.29) is 12.1 Å². The number of carbonyl (C=O) groups excluding carboxylic acids is 2. The van der Waals surface area contributed by atoms with Crippen LogP contribution in [0.3, 0.4) is 0 Å². The molecule has 2 aromatic carbocycles. The number of nitrogens with zero attached hydrogens (tertiary/aromatic N) is 1. The fourth-order valence-electron chi connectivity index (χ4n) is 2.74. The molecule has 3 rings (SSSR count). The first kappa shape index (κ1) is 17.0. The molecular weight excluding hydrogens is 333 g/mol. The summed E-state index contributed by atoms with van der Waals surface area (Å²) in [6.45, 7) is -0.195. The van der Waals surface area contributed by atoms with Gasteiger partial charge in [0.15, 0.2) is 0 Å².